The molecule has 6 rings (SSSR count). The molecular formula is C44H57NO18. The van der Waals surface area contributed by atoms with Crippen molar-refractivity contribution >= 4 is 41.8 Å². The van der Waals surface area contributed by atoms with E-state index in [4.69, 9.17) is 33.2 Å². The number of Topliss-reactive ketones (excluding diaryl/α,β-unsaturated/α-hetero) is 1. The number of amides is 2. The van der Waals surface area contributed by atoms with Crippen LogP contribution < -0.4 is 0 Å². The van der Waals surface area contributed by atoms with Crippen molar-refractivity contribution in [3.63, 3.8) is 0 Å². The Morgan fingerprint density at radius 3 is 2.11 bits per heavy atom. The Labute approximate surface area is 363 Å². The summed E-state index contributed by atoms with van der Waals surface area (Å²) in [6.07, 6.45) is -12.5. The number of rotatable bonds is 10. The quantitative estimate of drug-likeness (QED) is 0.149. The summed E-state index contributed by atoms with van der Waals surface area (Å²) in [5.41, 5.74) is -13.9. The number of cyclic esters (lactones) is 1. The lowest BCUT2D eigenvalue weighted by Gasteiger charge is -2.67. The van der Waals surface area contributed by atoms with Gasteiger partial charge < -0.3 is 53.6 Å². The van der Waals surface area contributed by atoms with E-state index in [1.807, 2.05) is 0 Å². The van der Waals surface area contributed by atoms with Gasteiger partial charge in [0.2, 0.25) is 0 Å². The second kappa shape index (κ2) is 15.6. The van der Waals surface area contributed by atoms with Gasteiger partial charge in [-0.15, -0.1) is 0 Å². The van der Waals surface area contributed by atoms with Gasteiger partial charge in [0.15, 0.2) is 29.2 Å². The Hall–Kier alpha value is -4.95. The second-order valence-electron chi connectivity index (χ2n) is 19.4. The van der Waals surface area contributed by atoms with E-state index in [9.17, 15) is 49.2 Å². The molecule has 0 aromatic heterocycles. The van der Waals surface area contributed by atoms with Crippen molar-refractivity contribution in [2.75, 3.05) is 20.3 Å². The lowest BCUT2D eigenvalue weighted by molar-refractivity contribution is -0.345. The Balaban J connectivity index is 1.61. The second-order valence-corrected chi connectivity index (χ2v) is 19.4. The van der Waals surface area contributed by atoms with Crippen LogP contribution >= 0.6 is 0 Å². The Bertz CT molecular complexity index is 2130. The molecule has 2 amide bonds. The summed E-state index contributed by atoms with van der Waals surface area (Å²) in [6, 6.07) is 5.84. The molecule has 2 aliphatic heterocycles. The van der Waals surface area contributed by atoms with Gasteiger partial charge in [-0.05, 0) is 57.9 Å². The maximum atomic E-state index is 15.6. The third-order valence-electron chi connectivity index (χ3n) is 14.3. The minimum Gasteiger partial charge on any atom is -0.455 e. The van der Waals surface area contributed by atoms with Crippen molar-refractivity contribution in [2.24, 2.45) is 22.2 Å². The largest absolute Gasteiger partial charge is 0.508 e. The molecule has 0 radical (unpaired) electrons. The number of imide groups is 1. The number of aliphatic hydroxyl groups is 4. The summed E-state index contributed by atoms with van der Waals surface area (Å²) in [5, 5.41) is 48.2. The highest BCUT2D eigenvalue weighted by Crippen LogP contribution is 2.65. The van der Waals surface area contributed by atoms with E-state index in [1.54, 1.807) is 18.2 Å². The molecule has 1 aromatic carbocycles. The zero-order valence-corrected chi connectivity index (χ0v) is 37.2. The SMILES string of the molecule is COC(=O)O[C@@]12CO[C@@H]1CC(O)[C@@]1(C)C(=O)[C@H](OC(C)=O)C3=C(C)[C@](C)(OC(=O)[C@H](O)[C@@H](N4C(=O)OC(C)(C)C4=O)C(C)(C)CO)C[C@@](O)([C@@H](OC(=O)c4ccccc4)C12)C3(C)C. The van der Waals surface area contributed by atoms with Crippen LogP contribution in [0.3, 0.4) is 0 Å². The summed E-state index contributed by atoms with van der Waals surface area (Å²) in [5.74, 6) is -7.01. The predicted molar refractivity (Wildman–Crippen MR) is 213 cm³/mol. The van der Waals surface area contributed by atoms with Gasteiger partial charge in [-0.2, -0.15) is 0 Å². The number of ether oxygens (including phenoxy) is 7. The van der Waals surface area contributed by atoms with Crippen LogP contribution in [0.4, 0.5) is 9.59 Å². The number of nitrogens with zero attached hydrogens (tertiary/aromatic N) is 1. The molecule has 2 heterocycles. The first kappa shape index (κ1) is 47.5. The number of hydrogen-bond donors (Lipinski definition) is 4. The van der Waals surface area contributed by atoms with Crippen molar-refractivity contribution in [2.45, 2.75) is 141 Å². The molecular weight excluding hydrogens is 830 g/mol. The molecule has 4 N–H and O–H groups in total. The van der Waals surface area contributed by atoms with E-state index in [2.05, 4.69) is 0 Å². The molecule has 19 nitrogen and oxygen atoms in total. The third-order valence-corrected chi connectivity index (χ3v) is 14.3. The molecule has 3 aliphatic carbocycles. The standard InChI is InChI=1S/C44H57NO18/c1-21-26-28(59-22(2)47)31(50)42(10)24(48)17-25-43(20-58-25,63-37(55)57-11)29(42)32(60-33(51)23-15-13-12-14-16-23)44(56,39(26,5)6)18-41(21,9)61-34(52)27(49)30(38(3,4)19-46)45-35(53)40(7,8)62-36(45)54/h12-16,24-25,27-30,32,46,48-49,56H,17-20H2,1-11H3/t24?,25-,27-,28-,29?,30-,32+,41-,42-,43+,44-/m1/s1. The smallest absolute Gasteiger partial charge is 0.455 e. The van der Waals surface area contributed by atoms with Gasteiger partial charge in [-0.3, -0.25) is 14.4 Å². The summed E-state index contributed by atoms with van der Waals surface area (Å²) in [4.78, 5) is 97.9. The Kier molecular flexibility index (Phi) is 11.8. The first-order valence-corrected chi connectivity index (χ1v) is 20.6. The van der Waals surface area contributed by atoms with Crippen LogP contribution in [0.2, 0.25) is 0 Å². The van der Waals surface area contributed by atoms with Crippen LogP contribution in [-0.2, 0) is 52.3 Å². The molecule has 11 atom stereocenters. The molecule has 63 heavy (non-hydrogen) atoms. The van der Waals surface area contributed by atoms with Crippen molar-refractivity contribution in [1.82, 2.24) is 4.90 Å². The number of methoxy groups -OCH3 is 1. The maximum Gasteiger partial charge on any atom is 0.508 e. The van der Waals surface area contributed by atoms with Crippen LogP contribution in [0, 0.1) is 22.2 Å². The normalized spacial score (nSPS) is 35.3. The minimum absolute atomic E-state index is 0.00302. The van der Waals surface area contributed by atoms with E-state index in [1.165, 1.54) is 74.4 Å². The number of benzene rings is 1. The molecule has 2 saturated carbocycles. The maximum absolute atomic E-state index is 15.6. The average Bonchev–Trinajstić information content (AvgIpc) is 3.40. The highest BCUT2D eigenvalue weighted by molar-refractivity contribution is 6.03. The minimum atomic E-state index is -2.55. The molecule has 346 valence electrons. The van der Waals surface area contributed by atoms with Crippen LogP contribution in [-0.4, -0.2) is 146 Å². The van der Waals surface area contributed by atoms with E-state index in [0.29, 0.717) is 4.90 Å². The number of ketones is 1. The highest BCUT2D eigenvalue weighted by Gasteiger charge is 2.79. The monoisotopic (exact) mass is 887 g/mol. The number of carbonyl (C=O) groups is 7. The fourth-order valence-electron chi connectivity index (χ4n) is 10.5. The average molecular weight is 888 g/mol. The van der Waals surface area contributed by atoms with Gasteiger partial charge in [0.25, 0.3) is 5.91 Å². The van der Waals surface area contributed by atoms with Crippen LogP contribution in [0.15, 0.2) is 41.5 Å². The van der Waals surface area contributed by atoms with Crippen LogP contribution in [0.1, 0.15) is 92.4 Å². The Morgan fingerprint density at radius 2 is 1.60 bits per heavy atom. The highest BCUT2D eigenvalue weighted by atomic mass is 16.8. The summed E-state index contributed by atoms with van der Waals surface area (Å²) in [6.45, 7) is 12.3. The molecule has 1 aromatic rings. The molecule has 4 fully saturated rings. The molecule has 0 spiro atoms. The zero-order chi connectivity index (χ0) is 47.2. The van der Waals surface area contributed by atoms with Crippen LogP contribution in [0.25, 0.3) is 0 Å². The first-order chi connectivity index (χ1) is 29.0. The number of carbonyl (C=O) groups excluding carboxylic acids is 7. The molecule has 2 bridgehead atoms. The summed E-state index contributed by atoms with van der Waals surface area (Å²) in [7, 11) is 1.04. The van der Waals surface area contributed by atoms with Crippen molar-refractivity contribution in [3.8, 4) is 0 Å². The zero-order valence-electron chi connectivity index (χ0n) is 37.2. The molecule has 2 unspecified atom stereocenters. The lowest BCUT2D eigenvalue weighted by atomic mass is 9.44. The summed E-state index contributed by atoms with van der Waals surface area (Å²) < 4.78 is 40.4. The lowest BCUT2D eigenvalue weighted by Crippen LogP contribution is -2.82. The molecule has 2 saturated heterocycles. The number of fused-ring (bicyclic) bond motifs is 5. The first-order valence-electron chi connectivity index (χ1n) is 20.6. The molecule has 19 heteroatoms. The van der Waals surface area contributed by atoms with Crippen molar-refractivity contribution in [3.05, 3.63) is 47.0 Å². The number of esters is 3. The molecule has 5 aliphatic rings. The fourth-order valence-corrected chi connectivity index (χ4v) is 10.5. The van der Waals surface area contributed by atoms with Gasteiger partial charge in [0, 0.05) is 30.6 Å². The van der Waals surface area contributed by atoms with E-state index in [0.717, 1.165) is 14.0 Å². The van der Waals surface area contributed by atoms with Gasteiger partial charge in [-0.1, -0.05) is 45.9 Å². The predicted octanol–water partition coefficient (Wildman–Crippen LogP) is 2.32. The van der Waals surface area contributed by atoms with Crippen molar-refractivity contribution < 1.29 is 87.1 Å². The third kappa shape index (κ3) is 7.10. The van der Waals surface area contributed by atoms with E-state index < -0.39 is 143 Å². The van der Waals surface area contributed by atoms with Gasteiger partial charge in [-0.25, -0.2) is 24.1 Å². The number of hydrogen-bond acceptors (Lipinski definition) is 18. The number of aliphatic hydroxyl groups excluding tert-OH is 3. The van der Waals surface area contributed by atoms with Gasteiger partial charge >= 0.3 is 30.2 Å². The summed E-state index contributed by atoms with van der Waals surface area (Å²) >= 11 is 0. The van der Waals surface area contributed by atoms with Crippen LogP contribution in [0.5, 0.6) is 0 Å². The van der Waals surface area contributed by atoms with Crippen molar-refractivity contribution in [1.29, 1.82) is 0 Å². The van der Waals surface area contributed by atoms with Gasteiger partial charge in [0.05, 0.1) is 49.4 Å². The van der Waals surface area contributed by atoms with E-state index >= 15 is 4.79 Å². The van der Waals surface area contributed by atoms with Gasteiger partial charge in [0.1, 0.15) is 23.4 Å². The van der Waals surface area contributed by atoms with E-state index in [-0.39, 0.29) is 23.1 Å². The topological polar surface area (TPSA) is 268 Å². The Morgan fingerprint density at radius 1 is 0.984 bits per heavy atom. The fraction of sp³-hybridized carbons (Fsp3) is 0.659.